The lowest BCUT2D eigenvalue weighted by Gasteiger charge is -1.98. The molecule has 0 amide bonds. The first-order chi connectivity index (χ1) is 6.86. The zero-order valence-electron chi connectivity index (χ0n) is 8.17. The second-order valence-corrected chi connectivity index (χ2v) is 3.34. The molecular formula is C12H12N2. The largest absolute Gasteiger partial charge is 0.361 e. The van der Waals surface area contributed by atoms with E-state index in [1.807, 2.05) is 6.20 Å². The Hall–Kier alpha value is -1.75. The Morgan fingerprint density at radius 1 is 1.36 bits per heavy atom. The molecule has 1 N–H and O–H groups in total. The van der Waals surface area contributed by atoms with Crippen molar-refractivity contribution in [3.63, 3.8) is 0 Å². The fourth-order valence-electron chi connectivity index (χ4n) is 1.80. The molecule has 70 valence electrons. The average Bonchev–Trinajstić information content (AvgIpc) is 2.62. The van der Waals surface area contributed by atoms with E-state index in [0.29, 0.717) is 6.42 Å². The highest BCUT2D eigenvalue weighted by atomic mass is 14.8. The number of nitrogens with one attached hydrogen (secondary N) is 1. The molecule has 0 saturated carbocycles. The molecule has 0 fully saturated rings. The second-order valence-electron chi connectivity index (χ2n) is 3.34. The van der Waals surface area contributed by atoms with Gasteiger partial charge < -0.3 is 4.98 Å². The molecule has 2 rings (SSSR count). The van der Waals surface area contributed by atoms with Crippen LogP contribution in [0.15, 0.2) is 24.4 Å². The van der Waals surface area contributed by atoms with Gasteiger partial charge >= 0.3 is 0 Å². The summed E-state index contributed by atoms with van der Waals surface area (Å²) in [5, 5.41) is 9.85. The molecule has 0 spiro atoms. The van der Waals surface area contributed by atoms with Gasteiger partial charge in [-0.15, -0.1) is 0 Å². The summed E-state index contributed by atoms with van der Waals surface area (Å²) in [6.45, 7) is 2.14. The zero-order valence-corrected chi connectivity index (χ0v) is 8.17. The van der Waals surface area contributed by atoms with Crippen molar-refractivity contribution in [3.05, 3.63) is 35.5 Å². The van der Waals surface area contributed by atoms with Crippen LogP contribution >= 0.6 is 0 Å². The molecule has 14 heavy (non-hydrogen) atoms. The standard InChI is InChI=1S/C12H12N2/c1-2-9-4-3-5-11-10(6-7-13)8-14-12(9)11/h3-5,8,14H,2,6H2,1H3/i7+2. The van der Waals surface area contributed by atoms with Crippen LogP contribution in [-0.4, -0.2) is 4.98 Å². The minimum atomic E-state index is 0.479. The molecule has 0 unspecified atom stereocenters. The third-order valence-electron chi connectivity index (χ3n) is 2.54. The Bertz CT molecular complexity index is 488. The molecular weight excluding hydrogens is 174 g/mol. The minimum absolute atomic E-state index is 0.479. The lowest BCUT2D eigenvalue weighted by molar-refractivity contribution is 1.15. The van der Waals surface area contributed by atoms with Gasteiger partial charge in [0.05, 0.1) is 12.5 Å². The van der Waals surface area contributed by atoms with Crippen LogP contribution in [0, 0.1) is 11.3 Å². The number of aryl methyl sites for hydroxylation is 1. The lowest BCUT2D eigenvalue weighted by Crippen LogP contribution is -1.82. The van der Waals surface area contributed by atoms with Crippen LogP contribution in [0.4, 0.5) is 0 Å². The average molecular weight is 186 g/mol. The van der Waals surface area contributed by atoms with Gasteiger partial charge in [-0.3, -0.25) is 0 Å². The van der Waals surface area contributed by atoms with Crippen molar-refractivity contribution in [1.29, 1.82) is 5.26 Å². The maximum absolute atomic E-state index is 8.66. The number of nitriles is 1. The first-order valence-electron chi connectivity index (χ1n) is 4.81. The van der Waals surface area contributed by atoms with E-state index in [9.17, 15) is 0 Å². The van der Waals surface area contributed by atoms with Crippen molar-refractivity contribution in [3.8, 4) is 6.07 Å². The molecule has 0 bridgehead atoms. The fourth-order valence-corrected chi connectivity index (χ4v) is 1.80. The highest BCUT2D eigenvalue weighted by Gasteiger charge is 2.05. The smallest absolute Gasteiger partial charge is 0.0670 e. The Kier molecular flexibility index (Phi) is 2.24. The third-order valence-corrected chi connectivity index (χ3v) is 2.54. The number of nitrogens with zero attached hydrogens (tertiary/aromatic N) is 1. The summed E-state index contributed by atoms with van der Waals surface area (Å²) in [6.07, 6.45) is 3.43. The first-order valence-corrected chi connectivity index (χ1v) is 4.81. The van der Waals surface area contributed by atoms with Crippen molar-refractivity contribution < 1.29 is 0 Å². The Morgan fingerprint density at radius 3 is 2.93 bits per heavy atom. The lowest BCUT2D eigenvalue weighted by atomic mass is 10.1. The molecule has 0 saturated heterocycles. The predicted molar refractivity (Wildman–Crippen MR) is 57.0 cm³/mol. The van der Waals surface area contributed by atoms with Crippen molar-refractivity contribution >= 4 is 10.9 Å². The van der Waals surface area contributed by atoms with Gasteiger partial charge in [0, 0.05) is 17.1 Å². The Labute approximate surface area is 83.2 Å². The van der Waals surface area contributed by atoms with Crippen molar-refractivity contribution in [1.82, 2.24) is 4.98 Å². The molecule has 0 aliphatic heterocycles. The van der Waals surface area contributed by atoms with Crippen LogP contribution in [0.5, 0.6) is 0 Å². The summed E-state index contributed by atoms with van der Waals surface area (Å²) in [6, 6.07) is 8.42. The number of aromatic amines is 1. The molecule has 1 heterocycles. The van der Waals surface area contributed by atoms with Crippen LogP contribution in [0.2, 0.25) is 0 Å². The Balaban J connectivity index is 2.64. The molecule has 0 radical (unpaired) electrons. The second kappa shape index (κ2) is 3.55. The van der Waals surface area contributed by atoms with Crippen molar-refractivity contribution in [2.24, 2.45) is 0 Å². The molecule has 0 atom stereocenters. The van der Waals surface area contributed by atoms with E-state index in [4.69, 9.17) is 5.26 Å². The predicted octanol–water partition coefficient (Wildman–Crippen LogP) is 2.80. The molecule has 1 aromatic carbocycles. The molecule has 2 heteroatoms. The number of hydrogen-bond donors (Lipinski definition) is 1. The van der Waals surface area contributed by atoms with E-state index in [-0.39, 0.29) is 0 Å². The van der Waals surface area contributed by atoms with Crippen LogP contribution in [0.3, 0.4) is 0 Å². The van der Waals surface area contributed by atoms with Gasteiger partial charge in [0.1, 0.15) is 0 Å². The highest BCUT2D eigenvalue weighted by Crippen LogP contribution is 2.22. The van der Waals surface area contributed by atoms with Gasteiger partial charge in [-0.25, -0.2) is 0 Å². The number of rotatable bonds is 2. The summed E-state index contributed by atoms with van der Waals surface area (Å²) in [5.41, 5.74) is 3.59. The van der Waals surface area contributed by atoms with E-state index in [0.717, 1.165) is 12.0 Å². The molecule has 1 aromatic heterocycles. The van der Waals surface area contributed by atoms with Gasteiger partial charge in [0.15, 0.2) is 0 Å². The number of fused-ring (bicyclic) bond motifs is 1. The number of hydrogen-bond acceptors (Lipinski definition) is 1. The van der Waals surface area contributed by atoms with Gasteiger partial charge in [-0.1, -0.05) is 25.1 Å². The number of benzene rings is 1. The van der Waals surface area contributed by atoms with Gasteiger partial charge in [0.25, 0.3) is 0 Å². The molecule has 0 aliphatic rings. The topological polar surface area (TPSA) is 39.6 Å². The van der Waals surface area contributed by atoms with Crippen molar-refractivity contribution in [2.75, 3.05) is 0 Å². The van der Waals surface area contributed by atoms with Crippen LogP contribution < -0.4 is 0 Å². The summed E-state index contributed by atoms with van der Waals surface area (Å²) in [7, 11) is 0. The maximum atomic E-state index is 8.66. The van der Waals surface area contributed by atoms with E-state index < -0.39 is 0 Å². The van der Waals surface area contributed by atoms with Gasteiger partial charge in [-0.05, 0) is 17.5 Å². The molecule has 2 nitrogen and oxygen atoms in total. The normalized spacial score (nSPS) is 10.3. The fraction of sp³-hybridized carbons (Fsp3) is 0.250. The number of H-pyrrole nitrogens is 1. The monoisotopic (exact) mass is 186 g/mol. The third kappa shape index (κ3) is 1.27. The Morgan fingerprint density at radius 2 is 2.21 bits per heavy atom. The summed E-state index contributed by atoms with van der Waals surface area (Å²) in [4.78, 5) is 3.24. The number of para-hydroxylation sites is 1. The summed E-state index contributed by atoms with van der Waals surface area (Å²) < 4.78 is 0. The SMILES string of the molecule is CCc1cccc2c(C[14C]#N)c[nH]c12. The van der Waals surface area contributed by atoms with Crippen LogP contribution in [-0.2, 0) is 12.8 Å². The zero-order chi connectivity index (χ0) is 9.97. The first kappa shape index (κ1) is 8.83. The van der Waals surface area contributed by atoms with Crippen molar-refractivity contribution in [2.45, 2.75) is 19.8 Å². The molecule has 2 aromatic rings. The van der Waals surface area contributed by atoms with E-state index >= 15 is 0 Å². The van der Waals surface area contributed by atoms with Gasteiger partial charge in [0.2, 0.25) is 0 Å². The van der Waals surface area contributed by atoms with E-state index in [1.165, 1.54) is 16.5 Å². The molecule has 0 aliphatic carbocycles. The van der Waals surface area contributed by atoms with E-state index in [1.54, 1.807) is 0 Å². The summed E-state index contributed by atoms with van der Waals surface area (Å²) >= 11 is 0. The van der Waals surface area contributed by atoms with E-state index in [2.05, 4.69) is 36.2 Å². The highest BCUT2D eigenvalue weighted by molar-refractivity contribution is 5.86. The maximum Gasteiger partial charge on any atom is 0.0670 e. The van der Waals surface area contributed by atoms with Crippen LogP contribution in [0.1, 0.15) is 18.1 Å². The summed E-state index contributed by atoms with van der Waals surface area (Å²) in [5.74, 6) is 0. The van der Waals surface area contributed by atoms with Crippen LogP contribution in [0.25, 0.3) is 10.9 Å². The quantitative estimate of drug-likeness (QED) is 0.769. The minimum Gasteiger partial charge on any atom is -0.361 e. The number of aromatic nitrogens is 1. The van der Waals surface area contributed by atoms with Gasteiger partial charge in [-0.2, -0.15) is 5.26 Å².